The van der Waals surface area contributed by atoms with Crippen LogP contribution in [0.4, 0.5) is 5.82 Å². The molecule has 0 radical (unpaired) electrons. The number of aliphatic carboxylic acids is 1. The Morgan fingerprint density at radius 3 is 2.89 bits per heavy atom. The topological polar surface area (TPSA) is 84.8 Å². The van der Waals surface area contributed by atoms with Crippen LogP contribution in [0.1, 0.15) is 6.92 Å². The molecular formula is C11H17N3O4. The number of ether oxygens (including phenoxy) is 2. The van der Waals surface area contributed by atoms with E-state index in [0.717, 1.165) is 0 Å². The number of carbonyl (C=O) groups is 1. The lowest BCUT2D eigenvalue weighted by Gasteiger charge is -2.21. The SMILES string of the molecule is CCOc1cncc(N(CCOC)CC(=O)O)n1. The third-order valence-electron chi connectivity index (χ3n) is 2.11. The van der Waals surface area contributed by atoms with Crippen molar-refractivity contribution in [1.29, 1.82) is 0 Å². The molecule has 0 aliphatic heterocycles. The lowest BCUT2D eigenvalue weighted by molar-refractivity contribution is -0.135. The molecule has 0 fully saturated rings. The first kappa shape index (κ1) is 14.2. The normalized spacial score (nSPS) is 10.1. The van der Waals surface area contributed by atoms with Crippen LogP contribution in [-0.4, -0.2) is 54.5 Å². The van der Waals surface area contributed by atoms with Gasteiger partial charge in [-0.05, 0) is 6.92 Å². The molecule has 0 unspecified atom stereocenters. The van der Waals surface area contributed by atoms with Gasteiger partial charge in [0.05, 0.1) is 25.6 Å². The number of carboxylic acids is 1. The van der Waals surface area contributed by atoms with Crippen molar-refractivity contribution in [2.75, 3.05) is 38.3 Å². The quantitative estimate of drug-likeness (QED) is 0.720. The van der Waals surface area contributed by atoms with E-state index in [0.29, 0.717) is 31.5 Å². The van der Waals surface area contributed by atoms with Gasteiger partial charge in [-0.1, -0.05) is 0 Å². The first-order valence-electron chi connectivity index (χ1n) is 5.58. The van der Waals surface area contributed by atoms with Crippen LogP contribution in [0.2, 0.25) is 0 Å². The van der Waals surface area contributed by atoms with Gasteiger partial charge in [-0.15, -0.1) is 0 Å². The van der Waals surface area contributed by atoms with Gasteiger partial charge in [-0.25, -0.2) is 0 Å². The van der Waals surface area contributed by atoms with E-state index in [9.17, 15) is 4.79 Å². The molecule has 18 heavy (non-hydrogen) atoms. The highest BCUT2D eigenvalue weighted by atomic mass is 16.5. The smallest absolute Gasteiger partial charge is 0.323 e. The summed E-state index contributed by atoms with van der Waals surface area (Å²) in [7, 11) is 1.56. The number of carboxylic acid groups (broad SMARTS) is 1. The third kappa shape index (κ3) is 4.54. The van der Waals surface area contributed by atoms with Gasteiger partial charge in [0.15, 0.2) is 5.82 Å². The fraction of sp³-hybridized carbons (Fsp3) is 0.545. The summed E-state index contributed by atoms with van der Waals surface area (Å²) in [4.78, 5) is 20.5. The maximum absolute atomic E-state index is 10.8. The zero-order valence-electron chi connectivity index (χ0n) is 10.5. The summed E-state index contributed by atoms with van der Waals surface area (Å²) in [6.45, 7) is 3.00. The molecule has 0 aliphatic carbocycles. The Bertz CT molecular complexity index is 386. The monoisotopic (exact) mass is 255 g/mol. The van der Waals surface area contributed by atoms with Gasteiger partial charge < -0.3 is 19.5 Å². The molecule has 0 amide bonds. The molecule has 7 heteroatoms. The van der Waals surface area contributed by atoms with Crippen LogP contribution in [0, 0.1) is 0 Å². The summed E-state index contributed by atoms with van der Waals surface area (Å²) < 4.78 is 10.2. The Labute approximate surface area is 105 Å². The van der Waals surface area contributed by atoms with Crippen LogP contribution in [0.25, 0.3) is 0 Å². The zero-order valence-corrected chi connectivity index (χ0v) is 10.5. The predicted octanol–water partition coefficient (Wildman–Crippen LogP) is 0.413. The highest BCUT2D eigenvalue weighted by Gasteiger charge is 2.13. The zero-order chi connectivity index (χ0) is 13.4. The highest BCUT2D eigenvalue weighted by Crippen LogP contribution is 2.13. The number of hydrogen-bond donors (Lipinski definition) is 1. The van der Waals surface area contributed by atoms with Crippen LogP contribution in [0.5, 0.6) is 5.88 Å². The van der Waals surface area contributed by atoms with E-state index < -0.39 is 5.97 Å². The second-order valence-electron chi connectivity index (χ2n) is 3.46. The number of methoxy groups -OCH3 is 1. The Hall–Kier alpha value is -1.89. The average Bonchev–Trinajstić information content (AvgIpc) is 2.35. The number of hydrogen-bond acceptors (Lipinski definition) is 6. The van der Waals surface area contributed by atoms with Gasteiger partial charge in [0.2, 0.25) is 5.88 Å². The summed E-state index contributed by atoms with van der Waals surface area (Å²) in [6, 6.07) is 0. The second-order valence-corrected chi connectivity index (χ2v) is 3.46. The van der Waals surface area contributed by atoms with Crippen molar-refractivity contribution < 1.29 is 19.4 Å². The van der Waals surface area contributed by atoms with Gasteiger partial charge in [0.1, 0.15) is 6.54 Å². The molecule has 0 spiro atoms. The van der Waals surface area contributed by atoms with Crippen molar-refractivity contribution in [2.24, 2.45) is 0 Å². The standard InChI is InChI=1S/C11H17N3O4/c1-3-18-10-7-12-6-9(13-10)14(4-5-17-2)8-11(15)16/h6-7H,3-5,8H2,1-2H3,(H,15,16). The first-order chi connectivity index (χ1) is 8.67. The number of anilines is 1. The van der Waals surface area contributed by atoms with Crippen LogP contribution in [-0.2, 0) is 9.53 Å². The Balaban J connectivity index is 2.81. The lowest BCUT2D eigenvalue weighted by Crippen LogP contribution is -2.33. The summed E-state index contributed by atoms with van der Waals surface area (Å²) in [5.41, 5.74) is 0. The van der Waals surface area contributed by atoms with Crippen LogP contribution in [0.15, 0.2) is 12.4 Å². The minimum atomic E-state index is -0.935. The van der Waals surface area contributed by atoms with Crippen molar-refractivity contribution in [3.63, 3.8) is 0 Å². The largest absolute Gasteiger partial charge is 0.480 e. The Kier molecular flexibility index (Phi) is 5.86. The number of nitrogens with zero attached hydrogens (tertiary/aromatic N) is 3. The van der Waals surface area contributed by atoms with Crippen LogP contribution in [0.3, 0.4) is 0 Å². The van der Waals surface area contributed by atoms with Crippen LogP contribution < -0.4 is 9.64 Å². The van der Waals surface area contributed by atoms with Crippen molar-refractivity contribution in [3.05, 3.63) is 12.4 Å². The third-order valence-corrected chi connectivity index (χ3v) is 2.11. The predicted molar refractivity (Wildman–Crippen MR) is 64.9 cm³/mol. The van der Waals surface area contributed by atoms with E-state index in [1.807, 2.05) is 6.92 Å². The minimum absolute atomic E-state index is 0.159. The molecule has 1 aromatic rings. The lowest BCUT2D eigenvalue weighted by atomic mass is 10.4. The maximum Gasteiger partial charge on any atom is 0.323 e. The fourth-order valence-corrected chi connectivity index (χ4v) is 1.35. The highest BCUT2D eigenvalue weighted by molar-refractivity contribution is 5.73. The first-order valence-corrected chi connectivity index (χ1v) is 5.58. The summed E-state index contributed by atoms with van der Waals surface area (Å²) >= 11 is 0. The molecule has 0 aliphatic rings. The molecule has 1 aromatic heterocycles. The second kappa shape index (κ2) is 7.44. The van der Waals surface area contributed by atoms with Crippen molar-refractivity contribution in [2.45, 2.75) is 6.92 Å². The van der Waals surface area contributed by atoms with Gasteiger partial charge in [-0.2, -0.15) is 4.98 Å². The van der Waals surface area contributed by atoms with Crippen molar-refractivity contribution in [3.8, 4) is 5.88 Å². The average molecular weight is 255 g/mol. The molecule has 0 saturated heterocycles. The molecule has 100 valence electrons. The van der Waals surface area contributed by atoms with E-state index in [4.69, 9.17) is 14.6 Å². The molecule has 1 rings (SSSR count). The molecule has 1 N–H and O–H groups in total. The fourth-order valence-electron chi connectivity index (χ4n) is 1.35. The van der Waals surface area contributed by atoms with E-state index >= 15 is 0 Å². The number of aromatic nitrogens is 2. The summed E-state index contributed by atoms with van der Waals surface area (Å²) in [6.07, 6.45) is 2.99. The molecular weight excluding hydrogens is 238 g/mol. The Morgan fingerprint density at radius 1 is 1.50 bits per heavy atom. The van der Waals surface area contributed by atoms with Crippen molar-refractivity contribution in [1.82, 2.24) is 9.97 Å². The Morgan fingerprint density at radius 2 is 2.28 bits per heavy atom. The summed E-state index contributed by atoms with van der Waals surface area (Å²) in [5, 5.41) is 8.86. The minimum Gasteiger partial charge on any atom is -0.480 e. The molecule has 1 heterocycles. The number of rotatable bonds is 8. The molecule has 0 atom stereocenters. The van der Waals surface area contributed by atoms with E-state index in [1.54, 1.807) is 12.0 Å². The van der Waals surface area contributed by atoms with E-state index in [-0.39, 0.29) is 6.54 Å². The molecule has 0 aromatic carbocycles. The van der Waals surface area contributed by atoms with E-state index in [2.05, 4.69) is 9.97 Å². The molecule has 7 nitrogen and oxygen atoms in total. The van der Waals surface area contributed by atoms with E-state index in [1.165, 1.54) is 12.4 Å². The van der Waals surface area contributed by atoms with Gasteiger partial charge in [0, 0.05) is 13.7 Å². The maximum atomic E-state index is 10.8. The van der Waals surface area contributed by atoms with Gasteiger partial charge in [-0.3, -0.25) is 9.78 Å². The van der Waals surface area contributed by atoms with Gasteiger partial charge in [0.25, 0.3) is 0 Å². The van der Waals surface area contributed by atoms with Crippen molar-refractivity contribution >= 4 is 11.8 Å². The molecule has 0 bridgehead atoms. The summed E-state index contributed by atoms with van der Waals surface area (Å²) in [5.74, 6) is -0.0991. The van der Waals surface area contributed by atoms with Gasteiger partial charge >= 0.3 is 5.97 Å². The molecule has 0 saturated carbocycles. The van der Waals surface area contributed by atoms with Crippen LogP contribution >= 0.6 is 0 Å².